The number of amides is 1. The Hall–Kier alpha value is -2.20. The zero-order valence-electron chi connectivity index (χ0n) is 15.9. The Kier molecular flexibility index (Phi) is 6.92. The quantitative estimate of drug-likeness (QED) is 0.740. The van der Waals surface area contributed by atoms with Gasteiger partial charge in [0.2, 0.25) is 0 Å². The summed E-state index contributed by atoms with van der Waals surface area (Å²) in [6.45, 7) is 7.67. The van der Waals surface area contributed by atoms with E-state index in [2.05, 4.69) is 5.32 Å². The van der Waals surface area contributed by atoms with Crippen LogP contribution in [-0.2, 0) is 4.79 Å². The molecule has 26 heavy (non-hydrogen) atoms. The van der Waals surface area contributed by atoms with Gasteiger partial charge in [-0.15, -0.1) is 0 Å². The van der Waals surface area contributed by atoms with Crippen LogP contribution in [0.3, 0.4) is 0 Å². The smallest absolute Gasteiger partial charge is 0.261 e. The maximum absolute atomic E-state index is 12.6. The number of hydrogen-bond acceptors (Lipinski definition) is 3. The molecule has 0 aliphatic rings. The summed E-state index contributed by atoms with van der Waals surface area (Å²) in [6.07, 6.45) is 0.175. The zero-order valence-corrected chi connectivity index (χ0v) is 16.7. The fourth-order valence-electron chi connectivity index (χ4n) is 2.78. The van der Waals surface area contributed by atoms with Crippen molar-refractivity contribution in [3.63, 3.8) is 0 Å². The summed E-state index contributed by atoms with van der Waals surface area (Å²) in [5.41, 5.74) is 3.00. The average Bonchev–Trinajstić information content (AvgIpc) is 2.62. The van der Waals surface area contributed by atoms with Crippen molar-refractivity contribution in [1.82, 2.24) is 5.32 Å². The molecule has 0 unspecified atom stereocenters. The summed E-state index contributed by atoms with van der Waals surface area (Å²) in [6, 6.07) is 11.2. The zero-order chi connectivity index (χ0) is 19.3. The minimum absolute atomic E-state index is 0.0786. The Balaban J connectivity index is 2.05. The molecule has 0 radical (unpaired) electrons. The summed E-state index contributed by atoms with van der Waals surface area (Å²) in [5.74, 6) is 1.31. The fourth-order valence-corrected chi connectivity index (χ4v) is 2.89. The average molecular weight is 376 g/mol. The normalized spacial score (nSPS) is 13.0. The van der Waals surface area contributed by atoms with Crippen molar-refractivity contribution in [2.45, 2.75) is 46.3 Å². The summed E-state index contributed by atoms with van der Waals surface area (Å²) in [7, 11) is 1.65. The lowest BCUT2D eigenvalue weighted by molar-refractivity contribution is -0.128. The number of halogens is 1. The molecule has 2 atom stereocenters. The van der Waals surface area contributed by atoms with Crippen LogP contribution in [0, 0.1) is 13.8 Å². The number of benzene rings is 2. The lowest BCUT2D eigenvalue weighted by Crippen LogP contribution is -2.38. The van der Waals surface area contributed by atoms with Crippen molar-refractivity contribution in [3.8, 4) is 11.5 Å². The Morgan fingerprint density at radius 2 is 1.88 bits per heavy atom. The first-order chi connectivity index (χ1) is 12.3. The van der Waals surface area contributed by atoms with E-state index >= 15 is 0 Å². The third-order valence-electron chi connectivity index (χ3n) is 4.36. The monoisotopic (exact) mass is 375 g/mol. The van der Waals surface area contributed by atoms with Crippen LogP contribution in [-0.4, -0.2) is 19.1 Å². The van der Waals surface area contributed by atoms with Crippen LogP contribution in [0.15, 0.2) is 36.4 Å². The van der Waals surface area contributed by atoms with Gasteiger partial charge < -0.3 is 14.8 Å². The first kappa shape index (κ1) is 20.1. The first-order valence-electron chi connectivity index (χ1n) is 8.73. The largest absolute Gasteiger partial charge is 0.496 e. The third-order valence-corrected chi connectivity index (χ3v) is 4.78. The minimum Gasteiger partial charge on any atom is -0.496 e. The second kappa shape index (κ2) is 8.95. The number of carbonyl (C=O) groups excluding carboxylic acids is 1. The van der Waals surface area contributed by atoms with Crippen LogP contribution in [0.25, 0.3) is 0 Å². The molecule has 2 rings (SSSR count). The standard InChI is InChI=1S/C21H26ClNO3/c1-6-19(16-7-10-20(25-5)14(3)11-16)23-21(24)15(4)26-17-8-9-18(22)13(2)12-17/h7-12,15,19H,6H2,1-5H3,(H,23,24)/t15-,19-/m1/s1. The number of ether oxygens (including phenoxy) is 2. The van der Waals surface area contributed by atoms with Gasteiger partial charge in [-0.3, -0.25) is 4.79 Å². The molecule has 0 spiro atoms. The molecule has 1 amide bonds. The molecule has 140 valence electrons. The number of nitrogens with one attached hydrogen (secondary N) is 1. The molecule has 0 saturated carbocycles. The Morgan fingerprint density at radius 3 is 2.46 bits per heavy atom. The van der Waals surface area contributed by atoms with Crippen LogP contribution in [0.2, 0.25) is 5.02 Å². The van der Waals surface area contributed by atoms with Gasteiger partial charge >= 0.3 is 0 Å². The van der Waals surface area contributed by atoms with Crippen LogP contribution in [0.1, 0.15) is 43.0 Å². The summed E-state index contributed by atoms with van der Waals surface area (Å²) in [4.78, 5) is 12.6. The molecule has 2 aromatic rings. The highest BCUT2D eigenvalue weighted by Crippen LogP contribution is 2.25. The second-order valence-electron chi connectivity index (χ2n) is 6.37. The molecule has 0 aliphatic heterocycles. The maximum Gasteiger partial charge on any atom is 0.261 e. The molecular formula is C21H26ClNO3. The van der Waals surface area contributed by atoms with Gasteiger partial charge in [-0.1, -0.05) is 30.7 Å². The van der Waals surface area contributed by atoms with Gasteiger partial charge in [-0.25, -0.2) is 0 Å². The number of carbonyl (C=O) groups is 1. The summed E-state index contributed by atoms with van der Waals surface area (Å²) in [5, 5.41) is 3.74. The highest BCUT2D eigenvalue weighted by atomic mass is 35.5. The van der Waals surface area contributed by atoms with Crippen molar-refractivity contribution in [1.29, 1.82) is 0 Å². The SMILES string of the molecule is CC[C@@H](NC(=O)[C@@H](C)Oc1ccc(Cl)c(C)c1)c1ccc(OC)c(C)c1. The molecule has 1 N–H and O–H groups in total. The van der Waals surface area contributed by atoms with E-state index in [0.29, 0.717) is 10.8 Å². The van der Waals surface area contributed by atoms with E-state index in [-0.39, 0.29) is 11.9 Å². The van der Waals surface area contributed by atoms with Crippen molar-refractivity contribution >= 4 is 17.5 Å². The van der Waals surface area contributed by atoms with Gasteiger partial charge in [0, 0.05) is 5.02 Å². The predicted octanol–water partition coefficient (Wildman–Crippen LogP) is 5.00. The van der Waals surface area contributed by atoms with Crippen molar-refractivity contribution in [3.05, 3.63) is 58.1 Å². The topological polar surface area (TPSA) is 47.6 Å². The molecule has 0 heterocycles. The Bertz CT molecular complexity index is 776. The van der Waals surface area contributed by atoms with Crippen LogP contribution >= 0.6 is 11.6 Å². The highest BCUT2D eigenvalue weighted by Gasteiger charge is 2.20. The van der Waals surface area contributed by atoms with E-state index in [1.54, 1.807) is 26.2 Å². The van der Waals surface area contributed by atoms with Crippen LogP contribution < -0.4 is 14.8 Å². The van der Waals surface area contributed by atoms with E-state index in [1.807, 2.05) is 45.0 Å². The molecule has 0 aromatic heterocycles. The summed E-state index contributed by atoms with van der Waals surface area (Å²) >= 11 is 6.03. The lowest BCUT2D eigenvalue weighted by atomic mass is 10.0. The van der Waals surface area contributed by atoms with E-state index in [1.165, 1.54) is 0 Å². The van der Waals surface area contributed by atoms with Gasteiger partial charge in [0.05, 0.1) is 13.2 Å². The van der Waals surface area contributed by atoms with Gasteiger partial charge in [0.1, 0.15) is 11.5 Å². The van der Waals surface area contributed by atoms with Crippen molar-refractivity contribution < 1.29 is 14.3 Å². The van der Waals surface area contributed by atoms with E-state index in [9.17, 15) is 4.79 Å². The highest BCUT2D eigenvalue weighted by molar-refractivity contribution is 6.31. The van der Waals surface area contributed by atoms with E-state index in [0.717, 1.165) is 28.9 Å². The number of hydrogen-bond donors (Lipinski definition) is 1. The van der Waals surface area contributed by atoms with E-state index in [4.69, 9.17) is 21.1 Å². The number of aryl methyl sites for hydroxylation is 2. The predicted molar refractivity (Wildman–Crippen MR) is 105 cm³/mol. The van der Waals surface area contributed by atoms with Crippen LogP contribution in [0.5, 0.6) is 11.5 Å². The fraction of sp³-hybridized carbons (Fsp3) is 0.381. The van der Waals surface area contributed by atoms with Crippen molar-refractivity contribution in [2.24, 2.45) is 0 Å². The molecule has 0 bridgehead atoms. The van der Waals surface area contributed by atoms with Crippen molar-refractivity contribution in [2.75, 3.05) is 7.11 Å². The first-order valence-corrected chi connectivity index (χ1v) is 9.11. The Labute approximate surface area is 160 Å². The van der Waals surface area contributed by atoms with E-state index < -0.39 is 6.10 Å². The number of methoxy groups -OCH3 is 1. The van der Waals surface area contributed by atoms with Gasteiger partial charge in [-0.2, -0.15) is 0 Å². The minimum atomic E-state index is -0.607. The molecular weight excluding hydrogens is 350 g/mol. The second-order valence-corrected chi connectivity index (χ2v) is 6.78. The third kappa shape index (κ3) is 4.92. The molecule has 0 saturated heterocycles. The molecule has 5 heteroatoms. The lowest BCUT2D eigenvalue weighted by Gasteiger charge is -2.22. The summed E-state index contributed by atoms with van der Waals surface area (Å²) < 4.78 is 11.1. The molecule has 0 aliphatic carbocycles. The molecule has 0 fully saturated rings. The van der Waals surface area contributed by atoms with Gasteiger partial charge in [0.15, 0.2) is 6.10 Å². The Morgan fingerprint density at radius 1 is 1.15 bits per heavy atom. The molecule has 2 aromatic carbocycles. The maximum atomic E-state index is 12.6. The van der Waals surface area contributed by atoms with Gasteiger partial charge in [-0.05, 0) is 68.1 Å². The molecule has 4 nitrogen and oxygen atoms in total. The van der Waals surface area contributed by atoms with Crippen LogP contribution in [0.4, 0.5) is 0 Å². The van der Waals surface area contributed by atoms with Gasteiger partial charge in [0.25, 0.3) is 5.91 Å². The number of rotatable bonds is 7.